The normalized spacial score (nSPS) is 19.7. The fourth-order valence-electron chi connectivity index (χ4n) is 3.80. The molecule has 0 unspecified atom stereocenters. The summed E-state index contributed by atoms with van der Waals surface area (Å²) in [5, 5.41) is 5.21. The molecule has 3 nitrogen and oxygen atoms in total. The first kappa shape index (κ1) is 23.0. The third-order valence-corrected chi connectivity index (χ3v) is 5.44. The van der Waals surface area contributed by atoms with E-state index in [1.807, 2.05) is 0 Å². The van der Waals surface area contributed by atoms with Crippen LogP contribution in [0.3, 0.4) is 0 Å². The Morgan fingerprint density at radius 3 is 2.03 bits per heavy atom. The van der Waals surface area contributed by atoms with E-state index in [-0.39, 0.29) is 11.7 Å². The predicted molar refractivity (Wildman–Crippen MR) is 104 cm³/mol. The third kappa shape index (κ3) is 6.63. The molecule has 9 heteroatoms. The van der Waals surface area contributed by atoms with Crippen LogP contribution in [-0.4, -0.2) is 12.1 Å². The van der Waals surface area contributed by atoms with Crippen molar-refractivity contribution in [2.24, 2.45) is 5.92 Å². The highest BCUT2D eigenvalue weighted by Crippen LogP contribution is 2.32. The molecule has 3 rings (SSSR count). The van der Waals surface area contributed by atoms with Crippen LogP contribution in [0.4, 0.5) is 36.8 Å². The lowest BCUT2D eigenvalue weighted by atomic mass is 9.82. The van der Waals surface area contributed by atoms with Gasteiger partial charge in [-0.25, -0.2) is 4.79 Å². The highest BCUT2D eigenvalue weighted by Gasteiger charge is 2.31. The van der Waals surface area contributed by atoms with E-state index in [9.17, 15) is 31.1 Å². The van der Waals surface area contributed by atoms with Gasteiger partial charge in [0.1, 0.15) is 0 Å². The van der Waals surface area contributed by atoms with E-state index in [0.717, 1.165) is 42.7 Å². The van der Waals surface area contributed by atoms with E-state index in [1.165, 1.54) is 24.3 Å². The van der Waals surface area contributed by atoms with Crippen molar-refractivity contribution < 1.29 is 31.1 Å². The molecule has 31 heavy (non-hydrogen) atoms. The van der Waals surface area contributed by atoms with E-state index in [2.05, 4.69) is 10.6 Å². The number of carbonyl (C=O) groups is 1. The highest BCUT2D eigenvalue weighted by atomic mass is 19.4. The molecule has 1 aliphatic rings. The average Bonchev–Trinajstić information content (AvgIpc) is 2.69. The summed E-state index contributed by atoms with van der Waals surface area (Å²) < 4.78 is 76.2. The molecule has 0 radical (unpaired) electrons. The van der Waals surface area contributed by atoms with Crippen molar-refractivity contribution in [2.45, 2.75) is 50.5 Å². The first-order valence-electron chi connectivity index (χ1n) is 9.91. The molecule has 1 aliphatic carbocycles. The molecule has 0 atom stereocenters. The fourth-order valence-corrected chi connectivity index (χ4v) is 3.80. The molecular weight excluding hydrogens is 422 g/mol. The molecular formula is C22H22F6N2O. The fraction of sp³-hybridized carbons (Fsp3) is 0.409. The van der Waals surface area contributed by atoms with Gasteiger partial charge in [0.05, 0.1) is 11.1 Å². The van der Waals surface area contributed by atoms with Gasteiger partial charge in [0.25, 0.3) is 0 Å². The standard InChI is InChI=1S/C22H22F6N2O/c23-21(24,25)16-8-4-14(5-9-16)12-15-6-10-18(11-7-15)29-20(31)30-19-3-1-2-17(13-19)22(26,27)28/h1-5,8-9,13,15,18H,6-7,10-12H2,(H2,29,30,31). The second-order valence-corrected chi connectivity index (χ2v) is 7.79. The summed E-state index contributed by atoms with van der Waals surface area (Å²) in [4.78, 5) is 12.1. The largest absolute Gasteiger partial charge is 0.416 e. The number of benzene rings is 2. The second-order valence-electron chi connectivity index (χ2n) is 7.79. The molecule has 1 saturated carbocycles. The van der Waals surface area contributed by atoms with Crippen molar-refractivity contribution in [3.8, 4) is 0 Å². The van der Waals surface area contributed by atoms with Crippen molar-refractivity contribution >= 4 is 11.7 Å². The van der Waals surface area contributed by atoms with Crippen molar-refractivity contribution in [3.63, 3.8) is 0 Å². The SMILES string of the molecule is O=C(Nc1cccc(C(F)(F)F)c1)NC1CCC(Cc2ccc(C(F)(F)F)cc2)CC1. The first-order valence-corrected chi connectivity index (χ1v) is 9.91. The summed E-state index contributed by atoms with van der Waals surface area (Å²) in [6.45, 7) is 0. The molecule has 2 aromatic rings. The maximum absolute atomic E-state index is 12.8. The van der Waals surface area contributed by atoms with E-state index >= 15 is 0 Å². The van der Waals surface area contributed by atoms with Crippen LogP contribution < -0.4 is 10.6 Å². The summed E-state index contributed by atoms with van der Waals surface area (Å²) >= 11 is 0. The van der Waals surface area contributed by atoms with Crippen LogP contribution in [0, 0.1) is 5.92 Å². The van der Waals surface area contributed by atoms with Gasteiger partial charge in [-0.2, -0.15) is 26.3 Å². The Morgan fingerprint density at radius 2 is 1.45 bits per heavy atom. The molecule has 2 N–H and O–H groups in total. The summed E-state index contributed by atoms with van der Waals surface area (Å²) in [5.41, 5.74) is -0.611. The van der Waals surface area contributed by atoms with Gasteiger partial charge in [0.2, 0.25) is 0 Å². The first-order chi connectivity index (χ1) is 14.5. The number of hydrogen-bond acceptors (Lipinski definition) is 1. The molecule has 2 aromatic carbocycles. The molecule has 168 valence electrons. The number of amides is 2. The van der Waals surface area contributed by atoms with Crippen LogP contribution >= 0.6 is 0 Å². The number of halogens is 6. The van der Waals surface area contributed by atoms with E-state index in [1.54, 1.807) is 0 Å². The molecule has 0 heterocycles. The summed E-state index contributed by atoms with van der Waals surface area (Å²) in [6.07, 6.45) is -5.18. The van der Waals surface area contributed by atoms with Gasteiger partial charge < -0.3 is 10.6 Å². The zero-order chi connectivity index (χ0) is 22.6. The lowest BCUT2D eigenvalue weighted by molar-refractivity contribution is -0.138. The Bertz CT molecular complexity index is 884. The topological polar surface area (TPSA) is 41.1 Å². The van der Waals surface area contributed by atoms with Gasteiger partial charge in [-0.05, 0) is 73.9 Å². The number of anilines is 1. The number of urea groups is 1. The van der Waals surface area contributed by atoms with Crippen molar-refractivity contribution in [1.29, 1.82) is 0 Å². The number of rotatable bonds is 4. The molecule has 0 aromatic heterocycles. The maximum Gasteiger partial charge on any atom is 0.416 e. The molecule has 0 bridgehead atoms. The summed E-state index contributed by atoms with van der Waals surface area (Å²) in [7, 11) is 0. The monoisotopic (exact) mass is 444 g/mol. The minimum atomic E-state index is -4.49. The predicted octanol–water partition coefficient (Wildman–Crippen LogP) is 6.65. The second kappa shape index (κ2) is 9.20. The quantitative estimate of drug-likeness (QED) is 0.510. The van der Waals surface area contributed by atoms with Crippen molar-refractivity contribution in [2.75, 3.05) is 5.32 Å². The van der Waals surface area contributed by atoms with Crippen molar-refractivity contribution in [1.82, 2.24) is 5.32 Å². The molecule has 0 saturated heterocycles. The van der Waals surface area contributed by atoms with Crippen molar-refractivity contribution in [3.05, 3.63) is 65.2 Å². The van der Waals surface area contributed by atoms with Gasteiger partial charge in [0.15, 0.2) is 0 Å². The van der Waals surface area contributed by atoms with Crippen LogP contribution in [0.2, 0.25) is 0 Å². The maximum atomic E-state index is 12.8. The highest BCUT2D eigenvalue weighted by molar-refractivity contribution is 5.89. The zero-order valence-corrected chi connectivity index (χ0v) is 16.5. The Hall–Kier alpha value is -2.71. The smallest absolute Gasteiger partial charge is 0.335 e. The van der Waals surface area contributed by atoms with Gasteiger partial charge in [-0.15, -0.1) is 0 Å². The minimum Gasteiger partial charge on any atom is -0.335 e. The Kier molecular flexibility index (Phi) is 6.81. The number of carbonyl (C=O) groups excluding carboxylic acids is 1. The molecule has 0 spiro atoms. The Balaban J connectivity index is 1.45. The van der Waals surface area contributed by atoms with Crippen LogP contribution in [0.15, 0.2) is 48.5 Å². The van der Waals surface area contributed by atoms with Crippen LogP contribution in [0.5, 0.6) is 0 Å². The van der Waals surface area contributed by atoms with E-state index in [0.29, 0.717) is 25.2 Å². The minimum absolute atomic E-state index is 0.0586. The number of nitrogens with one attached hydrogen (secondary N) is 2. The molecule has 1 fully saturated rings. The zero-order valence-electron chi connectivity index (χ0n) is 16.5. The van der Waals surface area contributed by atoms with Crippen LogP contribution in [0.25, 0.3) is 0 Å². The van der Waals surface area contributed by atoms with Gasteiger partial charge >= 0.3 is 18.4 Å². The lowest BCUT2D eigenvalue weighted by Gasteiger charge is -2.29. The third-order valence-electron chi connectivity index (χ3n) is 5.44. The lowest BCUT2D eigenvalue weighted by Crippen LogP contribution is -2.40. The average molecular weight is 444 g/mol. The molecule has 2 amide bonds. The van der Waals surface area contributed by atoms with E-state index in [4.69, 9.17) is 0 Å². The van der Waals surface area contributed by atoms with Crippen LogP contribution in [-0.2, 0) is 18.8 Å². The van der Waals surface area contributed by atoms with Crippen LogP contribution in [0.1, 0.15) is 42.4 Å². The van der Waals surface area contributed by atoms with Gasteiger partial charge in [0, 0.05) is 11.7 Å². The van der Waals surface area contributed by atoms with E-state index < -0.39 is 29.5 Å². The number of hydrogen-bond donors (Lipinski definition) is 2. The number of alkyl halides is 6. The van der Waals surface area contributed by atoms with Gasteiger partial charge in [-0.3, -0.25) is 0 Å². The Labute approximate surface area is 175 Å². The Morgan fingerprint density at radius 1 is 0.839 bits per heavy atom. The van der Waals surface area contributed by atoms with Gasteiger partial charge in [-0.1, -0.05) is 18.2 Å². The summed E-state index contributed by atoms with van der Waals surface area (Å²) in [6, 6.07) is 8.91. The summed E-state index contributed by atoms with van der Waals surface area (Å²) in [5.74, 6) is 0.307. The molecule has 0 aliphatic heterocycles.